The smallest absolute Gasteiger partial charge is 0.160 e. The predicted octanol–water partition coefficient (Wildman–Crippen LogP) is 3.08. The molecule has 0 aromatic carbocycles. The van der Waals surface area contributed by atoms with Gasteiger partial charge in [-0.1, -0.05) is 0 Å². The zero-order chi connectivity index (χ0) is 12.7. The van der Waals surface area contributed by atoms with Gasteiger partial charge in [-0.05, 0) is 31.9 Å². The minimum absolute atomic E-state index is 0.110. The van der Waals surface area contributed by atoms with Gasteiger partial charge in [0.05, 0.1) is 11.5 Å². The van der Waals surface area contributed by atoms with Crippen LogP contribution in [0.4, 0.5) is 0 Å². The van der Waals surface area contributed by atoms with Crippen LogP contribution in [-0.4, -0.2) is 27.7 Å². The van der Waals surface area contributed by atoms with Gasteiger partial charge in [0.25, 0.3) is 0 Å². The molecule has 96 valence electrons. The van der Waals surface area contributed by atoms with Gasteiger partial charge in [0, 0.05) is 19.3 Å². The molecule has 0 N–H and O–H groups in total. The van der Waals surface area contributed by atoms with Crippen LogP contribution >= 0.6 is 11.6 Å². The topological polar surface area (TPSA) is 39.9 Å². The van der Waals surface area contributed by atoms with Crippen LogP contribution in [0.25, 0.3) is 11.2 Å². The Bertz CT molecular complexity index is 560. The Hall–Kier alpha value is -1.13. The molecule has 0 aliphatic heterocycles. The van der Waals surface area contributed by atoms with Crippen molar-refractivity contribution in [2.45, 2.75) is 37.3 Å². The highest BCUT2D eigenvalue weighted by molar-refractivity contribution is 6.20. The first-order valence-electron chi connectivity index (χ1n) is 6.20. The van der Waals surface area contributed by atoms with Crippen LogP contribution in [0.2, 0.25) is 0 Å². The highest BCUT2D eigenvalue weighted by atomic mass is 35.5. The summed E-state index contributed by atoms with van der Waals surface area (Å²) >= 11 is 6.23. The number of nitrogens with zero attached hydrogens (tertiary/aromatic N) is 3. The summed E-state index contributed by atoms with van der Waals surface area (Å²) in [7, 11) is 1.76. The molecule has 2 heterocycles. The molecule has 2 aromatic rings. The standard InChI is InChI=1S/C13H16ClN3O/c1-8(14)12-16-11-4-3-5-15-13(11)17(12)9-6-10(7-9)18-2/h3-5,8-10H,6-7H2,1-2H3. The number of hydrogen-bond donors (Lipinski definition) is 0. The fourth-order valence-corrected chi connectivity index (χ4v) is 2.68. The van der Waals surface area contributed by atoms with Crippen molar-refractivity contribution < 1.29 is 4.74 Å². The Morgan fingerprint density at radius 2 is 2.28 bits per heavy atom. The number of imidazole rings is 1. The van der Waals surface area contributed by atoms with Crippen LogP contribution in [0.5, 0.6) is 0 Å². The maximum Gasteiger partial charge on any atom is 0.160 e. The van der Waals surface area contributed by atoms with E-state index in [-0.39, 0.29) is 5.38 Å². The second-order valence-electron chi connectivity index (χ2n) is 4.79. The van der Waals surface area contributed by atoms with Crippen molar-refractivity contribution in [2.75, 3.05) is 7.11 Å². The highest BCUT2D eigenvalue weighted by Crippen LogP contribution is 2.38. The van der Waals surface area contributed by atoms with Crippen molar-refractivity contribution >= 4 is 22.8 Å². The van der Waals surface area contributed by atoms with E-state index >= 15 is 0 Å². The predicted molar refractivity (Wildman–Crippen MR) is 70.9 cm³/mol. The van der Waals surface area contributed by atoms with E-state index in [4.69, 9.17) is 16.3 Å². The summed E-state index contributed by atoms with van der Waals surface area (Å²) in [5.74, 6) is 0.907. The summed E-state index contributed by atoms with van der Waals surface area (Å²) in [6, 6.07) is 4.29. The van der Waals surface area contributed by atoms with Crippen molar-refractivity contribution in [2.24, 2.45) is 0 Å². The second-order valence-corrected chi connectivity index (χ2v) is 5.44. The molecular weight excluding hydrogens is 250 g/mol. The van der Waals surface area contributed by atoms with Crippen LogP contribution in [0.1, 0.15) is 37.0 Å². The van der Waals surface area contributed by atoms with Crippen LogP contribution in [0.15, 0.2) is 18.3 Å². The fourth-order valence-electron chi connectivity index (χ4n) is 2.53. The molecule has 0 saturated heterocycles. The lowest BCUT2D eigenvalue weighted by molar-refractivity contribution is 0.00643. The Labute approximate surface area is 111 Å². The molecule has 1 saturated carbocycles. The molecule has 0 spiro atoms. The summed E-state index contributed by atoms with van der Waals surface area (Å²) in [4.78, 5) is 9.03. The Morgan fingerprint density at radius 3 is 2.94 bits per heavy atom. The average Bonchev–Trinajstić information content (AvgIpc) is 2.68. The Morgan fingerprint density at radius 1 is 1.50 bits per heavy atom. The molecule has 4 nitrogen and oxygen atoms in total. The number of alkyl halides is 1. The van der Waals surface area contributed by atoms with Gasteiger partial charge < -0.3 is 9.30 Å². The van der Waals surface area contributed by atoms with Crippen molar-refractivity contribution in [3.8, 4) is 0 Å². The Balaban J connectivity index is 2.05. The van der Waals surface area contributed by atoms with E-state index in [1.54, 1.807) is 13.3 Å². The molecule has 0 radical (unpaired) electrons. The zero-order valence-corrected chi connectivity index (χ0v) is 11.3. The molecule has 1 atom stereocenters. The number of halogens is 1. The number of ether oxygens (including phenoxy) is 1. The number of methoxy groups -OCH3 is 1. The molecule has 0 amide bonds. The van der Waals surface area contributed by atoms with Crippen LogP contribution in [0, 0.1) is 0 Å². The van der Waals surface area contributed by atoms with Gasteiger partial charge in [-0.2, -0.15) is 0 Å². The maximum absolute atomic E-state index is 6.23. The first-order valence-corrected chi connectivity index (χ1v) is 6.64. The van der Waals surface area contributed by atoms with Gasteiger partial charge in [-0.15, -0.1) is 11.6 Å². The van der Waals surface area contributed by atoms with Crippen LogP contribution in [0.3, 0.4) is 0 Å². The maximum atomic E-state index is 6.23. The van der Waals surface area contributed by atoms with E-state index in [2.05, 4.69) is 14.5 Å². The first-order chi connectivity index (χ1) is 8.70. The van der Waals surface area contributed by atoms with Crippen molar-refractivity contribution in [3.63, 3.8) is 0 Å². The fraction of sp³-hybridized carbons (Fsp3) is 0.538. The van der Waals surface area contributed by atoms with E-state index in [9.17, 15) is 0 Å². The monoisotopic (exact) mass is 265 g/mol. The minimum atomic E-state index is -0.110. The molecule has 2 aromatic heterocycles. The number of aromatic nitrogens is 3. The third kappa shape index (κ3) is 1.80. The summed E-state index contributed by atoms with van der Waals surface area (Å²) in [6.07, 6.45) is 4.18. The lowest BCUT2D eigenvalue weighted by Crippen LogP contribution is -2.33. The van der Waals surface area contributed by atoms with E-state index in [0.29, 0.717) is 12.1 Å². The van der Waals surface area contributed by atoms with Gasteiger partial charge in [0.2, 0.25) is 0 Å². The molecule has 1 aliphatic carbocycles. The van der Waals surface area contributed by atoms with E-state index in [1.807, 2.05) is 19.1 Å². The lowest BCUT2D eigenvalue weighted by atomic mass is 9.89. The van der Waals surface area contributed by atoms with Crippen LogP contribution in [-0.2, 0) is 4.74 Å². The highest BCUT2D eigenvalue weighted by Gasteiger charge is 2.34. The number of fused-ring (bicyclic) bond motifs is 1. The molecule has 1 aliphatic rings. The van der Waals surface area contributed by atoms with E-state index in [0.717, 1.165) is 29.8 Å². The molecule has 1 fully saturated rings. The lowest BCUT2D eigenvalue weighted by Gasteiger charge is -2.36. The third-order valence-electron chi connectivity index (χ3n) is 3.60. The molecule has 0 bridgehead atoms. The zero-order valence-electron chi connectivity index (χ0n) is 10.5. The molecule has 3 rings (SSSR count). The third-order valence-corrected chi connectivity index (χ3v) is 3.80. The molecule has 18 heavy (non-hydrogen) atoms. The summed E-state index contributed by atoms with van der Waals surface area (Å²) in [5, 5.41) is -0.110. The van der Waals surface area contributed by atoms with Gasteiger partial charge in [-0.25, -0.2) is 9.97 Å². The number of rotatable bonds is 3. The summed E-state index contributed by atoms with van der Waals surface area (Å²) in [5.41, 5.74) is 1.85. The summed E-state index contributed by atoms with van der Waals surface area (Å²) in [6.45, 7) is 1.95. The van der Waals surface area contributed by atoms with Crippen LogP contribution < -0.4 is 0 Å². The SMILES string of the molecule is COC1CC(n2c(C(C)Cl)nc3cccnc32)C1. The molecular formula is C13H16ClN3O. The number of hydrogen-bond acceptors (Lipinski definition) is 3. The van der Waals surface area contributed by atoms with Gasteiger partial charge >= 0.3 is 0 Å². The normalized spacial score (nSPS) is 25.1. The molecule has 5 heteroatoms. The largest absolute Gasteiger partial charge is 0.381 e. The first kappa shape index (κ1) is 11.9. The van der Waals surface area contributed by atoms with E-state index < -0.39 is 0 Å². The quantitative estimate of drug-likeness (QED) is 0.801. The van der Waals surface area contributed by atoms with Gasteiger partial charge in [0.1, 0.15) is 11.3 Å². The number of pyridine rings is 1. The minimum Gasteiger partial charge on any atom is -0.381 e. The molecule has 1 unspecified atom stereocenters. The van der Waals surface area contributed by atoms with Crippen molar-refractivity contribution in [1.82, 2.24) is 14.5 Å². The summed E-state index contributed by atoms with van der Waals surface area (Å²) < 4.78 is 7.52. The van der Waals surface area contributed by atoms with Gasteiger partial charge in [0.15, 0.2) is 5.65 Å². The second kappa shape index (κ2) is 4.52. The Kier molecular flexibility index (Phi) is 2.99. The van der Waals surface area contributed by atoms with Crippen molar-refractivity contribution in [1.29, 1.82) is 0 Å². The van der Waals surface area contributed by atoms with Crippen molar-refractivity contribution in [3.05, 3.63) is 24.2 Å². The average molecular weight is 266 g/mol. The van der Waals surface area contributed by atoms with Gasteiger partial charge in [-0.3, -0.25) is 0 Å². The van der Waals surface area contributed by atoms with E-state index in [1.165, 1.54) is 0 Å².